The third-order valence-corrected chi connectivity index (χ3v) is 1.51. The van der Waals surface area contributed by atoms with E-state index in [-0.39, 0.29) is 12.7 Å². The molecule has 0 aliphatic carbocycles. The smallest absolute Gasteiger partial charge is 0.213 e. The first-order valence-corrected chi connectivity index (χ1v) is 3.34. The molecule has 0 spiro atoms. The summed E-state index contributed by atoms with van der Waals surface area (Å²) in [7, 11) is 0. The van der Waals surface area contributed by atoms with Crippen LogP contribution in [0.5, 0.6) is 0 Å². The second-order valence-electron chi connectivity index (χ2n) is 2.71. The summed E-state index contributed by atoms with van der Waals surface area (Å²) in [5.41, 5.74) is 0. The average molecular weight is 146 g/mol. The van der Waals surface area contributed by atoms with Gasteiger partial charge in [0.1, 0.15) is 19.3 Å². The van der Waals surface area contributed by atoms with Crippen LogP contribution in [0.3, 0.4) is 0 Å². The predicted octanol–water partition coefficient (Wildman–Crippen LogP) is -0.879. The highest BCUT2D eigenvalue weighted by Gasteiger charge is 2.43. The minimum absolute atomic E-state index is 0.266. The molecule has 2 aliphatic rings. The quantitative estimate of drug-likeness (QED) is 0.523. The van der Waals surface area contributed by atoms with E-state index in [4.69, 9.17) is 14.6 Å². The van der Waals surface area contributed by atoms with Crippen LogP contribution < -0.4 is 0 Å². The monoisotopic (exact) mass is 146 g/mol. The molecule has 2 atom stereocenters. The summed E-state index contributed by atoms with van der Waals surface area (Å²) in [6, 6.07) is 0. The van der Waals surface area contributed by atoms with E-state index in [1.165, 1.54) is 0 Å². The molecule has 2 saturated heterocycles. The lowest BCUT2D eigenvalue weighted by molar-refractivity contribution is -0.0460. The molecule has 2 unspecified atom stereocenters. The molecule has 2 fully saturated rings. The summed E-state index contributed by atoms with van der Waals surface area (Å²) in [5, 5.41) is 9.07. The van der Waals surface area contributed by atoms with Crippen molar-refractivity contribution in [2.24, 2.45) is 0 Å². The Balaban J connectivity index is 1.54. The molecule has 0 aromatic carbocycles. The number of hydrogen-bond acceptors (Lipinski definition) is 4. The molecular formula is C6H10O4. The fraction of sp³-hybridized carbons (Fsp3) is 1.00. The third-order valence-electron chi connectivity index (χ3n) is 1.51. The minimum Gasteiger partial charge on any atom is -0.373 e. The normalized spacial score (nSPS) is 43.5. The van der Waals surface area contributed by atoms with E-state index in [0.29, 0.717) is 13.2 Å². The van der Waals surface area contributed by atoms with Gasteiger partial charge in [-0.15, -0.1) is 0 Å². The Kier molecular flexibility index (Phi) is 1.42. The molecule has 58 valence electrons. The first-order valence-electron chi connectivity index (χ1n) is 3.34. The van der Waals surface area contributed by atoms with E-state index in [2.05, 4.69) is 4.74 Å². The molecule has 0 saturated carbocycles. The molecule has 4 heteroatoms. The highest BCUT2D eigenvalue weighted by atomic mass is 16.7. The fourth-order valence-electron chi connectivity index (χ4n) is 0.681. The van der Waals surface area contributed by atoms with E-state index in [9.17, 15) is 0 Å². The van der Waals surface area contributed by atoms with Crippen molar-refractivity contribution >= 4 is 0 Å². The van der Waals surface area contributed by atoms with E-state index in [0.717, 1.165) is 6.61 Å². The SMILES string of the molecule is OC1(COCC2CO2)CO1. The molecule has 4 nitrogen and oxygen atoms in total. The van der Waals surface area contributed by atoms with Crippen molar-refractivity contribution < 1.29 is 19.3 Å². The van der Waals surface area contributed by atoms with Gasteiger partial charge in [0.05, 0.1) is 13.2 Å². The molecule has 2 aliphatic heterocycles. The highest BCUT2D eigenvalue weighted by molar-refractivity contribution is 4.79. The molecule has 0 amide bonds. The Morgan fingerprint density at radius 1 is 1.70 bits per heavy atom. The third kappa shape index (κ3) is 1.67. The maximum Gasteiger partial charge on any atom is 0.213 e. The van der Waals surface area contributed by atoms with E-state index >= 15 is 0 Å². The van der Waals surface area contributed by atoms with Gasteiger partial charge in [-0.05, 0) is 0 Å². The number of aliphatic hydroxyl groups is 1. The van der Waals surface area contributed by atoms with Crippen LogP contribution in [0.2, 0.25) is 0 Å². The van der Waals surface area contributed by atoms with Crippen LogP contribution in [0, 0.1) is 0 Å². The minimum atomic E-state index is -0.963. The van der Waals surface area contributed by atoms with Crippen molar-refractivity contribution in [3.63, 3.8) is 0 Å². The van der Waals surface area contributed by atoms with Crippen LogP contribution in [-0.2, 0) is 14.2 Å². The van der Waals surface area contributed by atoms with E-state index < -0.39 is 5.79 Å². The molecule has 2 heterocycles. The topological polar surface area (TPSA) is 54.5 Å². The van der Waals surface area contributed by atoms with Gasteiger partial charge in [-0.1, -0.05) is 0 Å². The van der Waals surface area contributed by atoms with E-state index in [1.807, 2.05) is 0 Å². The summed E-state index contributed by atoms with van der Waals surface area (Å²) < 4.78 is 14.7. The molecule has 0 bridgehead atoms. The van der Waals surface area contributed by atoms with Gasteiger partial charge in [-0.2, -0.15) is 0 Å². The Morgan fingerprint density at radius 2 is 2.40 bits per heavy atom. The highest BCUT2D eigenvalue weighted by Crippen LogP contribution is 2.23. The van der Waals surface area contributed by atoms with Crippen molar-refractivity contribution in [1.29, 1.82) is 0 Å². The zero-order valence-electron chi connectivity index (χ0n) is 5.58. The van der Waals surface area contributed by atoms with E-state index in [1.54, 1.807) is 0 Å². The Labute approximate surface area is 58.7 Å². The predicted molar refractivity (Wildman–Crippen MR) is 31.5 cm³/mol. The van der Waals surface area contributed by atoms with Crippen molar-refractivity contribution in [3.8, 4) is 0 Å². The summed E-state index contributed by atoms with van der Waals surface area (Å²) in [6.45, 7) is 2.04. The summed E-state index contributed by atoms with van der Waals surface area (Å²) >= 11 is 0. The lowest BCUT2D eigenvalue weighted by atomic mass is 10.4. The number of hydrogen-bond donors (Lipinski definition) is 1. The molecule has 10 heavy (non-hydrogen) atoms. The van der Waals surface area contributed by atoms with Gasteiger partial charge in [0.25, 0.3) is 0 Å². The largest absolute Gasteiger partial charge is 0.373 e. The summed E-state index contributed by atoms with van der Waals surface area (Å²) in [6.07, 6.45) is 0.266. The van der Waals surface area contributed by atoms with Crippen molar-refractivity contribution in [1.82, 2.24) is 0 Å². The fourth-order valence-corrected chi connectivity index (χ4v) is 0.681. The van der Waals surface area contributed by atoms with Crippen LogP contribution in [0.4, 0.5) is 0 Å². The molecular weight excluding hydrogens is 136 g/mol. The molecule has 0 aromatic rings. The van der Waals surface area contributed by atoms with Gasteiger partial charge < -0.3 is 19.3 Å². The lowest BCUT2D eigenvalue weighted by Crippen LogP contribution is -2.19. The van der Waals surface area contributed by atoms with Crippen LogP contribution in [-0.4, -0.2) is 43.4 Å². The summed E-state index contributed by atoms with van der Waals surface area (Å²) in [4.78, 5) is 0. The van der Waals surface area contributed by atoms with Gasteiger partial charge in [-0.3, -0.25) is 0 Å². The standard InChI is InChI=1S/C6H10O4/c7-6(4-10-6)3-8-1-5-2-9-5/h5,7H,1-4H2. The second kappa shape index (κ2) is 2.17. The maximum absolute atomic E-state index is 9.07. The molecule has 2 rings (SSSR count). The van der Waals surface area contributed by atoms with Gasteiger partial charge in [-0.25, -0.2) is 0 Å². The Morgan fingerprint density at radius 3 is 2.90 bits per heavy atom. The average Bonchev–Trinajstić information content (AvgIpc) is 2.70. The zero-order valence-corrected chi connectivity index (χ0v) is 5.58. The van der Waals surface area contributed by atoms with Crippen LogP contribution in [0.1, 0.15) is 0 Å². The maximum atomic E-state index is 9.07. The van der Waals surface area contributed by atoms with Gasteiger partial charge in [0, 0.05) is 0 Å². The van der Waals surface area contributed by atoms with Crippen LogP contribution in [0.25, 0.3) is 0 Å². The van der Waals surface area contributed by atoms with Crippen LogP contribution >= 0.6 is 0 Å². The summed E-state index contributed by atoms with van der Waals surface area (Å²) in [5.74, 6) is -0.963. The van der Waals surface area contributed by atoms with Gasteiger partial charge in [0.2, 0.25) is 5.79 Å². The Hall–Kier alpha value is -0.160. The zero-order chi connectivity index (χ0) is 7.03. The van der Waals surface area contributed by atoms with Gasteiger partial charge in [0.15, 0.2) is 0 Å². The van der Waals surface area contributed by atoms with Crippen LogP contribution in [0.15, 0.2) is 0 Å². The first kappa shape index (κ1) is 6.54. The molecule has 0 aromatic heterocycles. The second-order valence-corrected chi connectivity index (χ2v) is 2.71. The van der Waals surface area contributed by atoms with Crippen molar-refractivity contribution in [3.05, 3.63) is 0 Å². The van der Waals surface area contributed by atoms with Crippen molar-refractivity contribution in [2.75, 3.05) is 26.4 Å². The number of epoxide rings is 2. The van der Waals surface area contributed by atoms with Gasteiger partial charge >= 0.3 is 0 Å². The molecule has 0 radical (unpaired) electrons. The first-order chi connectivity index (χ1) is 4.79. The van der Waals surface area contributed by atoms with Crippen molar-refractivity contribution in [2.45, 2.75) is 11.9 Å². The Bertz CT molecular complexity index is 128. The molecule has 1 N–H and O–H groups in total. The lowest BCUT2D eigenvalue weighted by Gasteiger charge is -2.03. The number of ether oxygens (including phenoxy) is 3. The number of rotatable bonds is 4.